The Morgan fingerprint density at radius 2 is 2.00 bits per heavy atom. The molecule has 0 aromatic rings. The van der Waals surface area contributed by atoms with Gasteiger partial charge in [0.25, 0.3) is 0 Å². The lowest BCUT2D eigenvalue weighted by molar-refractivity contribution is 0.0269. The SMILES string of the molecule is COC(C)(C)CNC(=S)NC1CCCC1. The summed E-state index contributed by atoms with van der Waals surface area (Å²) in [5, 5.41) is 7.29. The summed E-state index contributed by atoms with van der Waals surface area (Å²) in [5.74, 6) is 0. The van der Waals surface area contributed by atoms with Gasteiger partial charge in [-0.1, -0.05) is 12.8 Å². The van der Waals surface area contributed by atoms with E-state index < -0.39 is 0 Å². The Bertz CT molecular complexity index is 213. The third-order valence-electron chi connectivity index (χ3n) is 2.92. The van der Waals surface area contributed by atoms with E-state index in [2.05, 4.69) is 10.6 Å². The Morgan fingerprint density at radius 1 is 1.40 bits per heavy atom. The van der Waals surface area contributed by atoms with E-state index >= 15 is 0 Å². The van der Waals surface area contributed by atoms with E-state index in [9.17, 15) is 0 Å². The van der Waals surface area contributed by atoms with Crippen LogP contribution in [0.5, 0.6) is 0 Å². The molecule has 1 rings (SSSR count). The average molecular weight is 230 g/mol. The van der Waals surface area contributed by atoms with Crippen molar-refractivity contribution in [3.8, 4) is 0 Å². The first kappa shape index (κ1) is 12.7. The van der Waals surface area contributed by atoms with Gasteiger partial charge < -0.3 is 15.4 Å². The van der Waals surface area contributed by atoms with Crippen LogP contribution < -0.4 is 10.6 Å². The van der Waals surface area contributed by atoms with Gasteiger partial charge in [0, 0.05) is 19.7 Å². The number of rotatable bonds is 4. The second kappa shape index (κ2) is 5.66. The van der Waals surface area contributed by atoms with Gasteiger partial charge in [0.05, 0.1) is 5.60 Å². The van der Waals surface area contributed by atoms with Crippen LogP contribution in [0.3, 0.4) is 0 Å². The number of hydrogen-bond donors (Lipinski definition) is 2. The van der Waals surface area contributed by atoms with Crippen molar-refractivity contribution in [3.63, 3.8) is 0 Å². The van der Waals surface area contributed by atoms with Crippen molar-refractivity contribution in [2.75, 3.05) is 13.7 Å². The molecule has 0 heterocycles. The molecule has 0 amide bonds. The summed E-state index contributed by atoms with van der Waals surface area (Å²) in [5.41, 5.74) is -0.165. The summed E-state index contributed by atoms with van der Waals surface area (Å²) in [6, 6.07) is 0.579. The summed E-state index contributed by atoms with van der Waals surface area (Å²) >= 11 is 5.23. The van der Waals surface area contributed by atoms with E-state index in [4.69, 9.17) is 17.0 Å². The molecule has 0 spiro atoms. The van der Waals surface area contributed by atoms with Crippen molar-refractivity contribution in [3.05, 3.63) is 0 Å². The molecule has 0 unspecified atom stereocenters. The number of methoxy groups -OCH3 is 1. The molecule has 1 saturated carbocycles. The fourth-order valence-electron chi connectivity index (χ4n) is 1.67. The summed E-state index contributed by atoms with van der Waals surface area (Å²) < 4.78 is 5.31. The van der Waals surface area contributed by atoms with Crippen molar-refractivity contribution in [1.29, 1.82) is 0 Å². The number of ether oxygens (including phenoxy) is 1. The summed E-state index contributed by atoms with van der Waals surface area (Å²) in [6.45, 7) is 4.82. The minimum Gasteiger partial charge on any atom is -0.377 e. The highest BCUT2D eigenvalue weighted by Gasteiger charge is 2.18. The quantitative estimate of drug-likeness (QED) is 0.722. The van der Waals surface area contributed by atoms with Crippen molar-refractivity contribution in [1.82, 2.24) is 10.6 Å². The molecule has 0 radical (unpaired) electrons. The highest BCUT2D eigenvalue weighted by molar-refractivity contribution is 7.80. The minimum absolute atomic E-state index is 0.165. The normalized spacial score (nSPS) is 17.8. The molecule has 0 aromatic heterocycles. The molecule has 1 aliphatic rings. The standard InChI is InChI=1S/C11H22N2OS/c1-11(2,14-3)8-12-10(15)13-9-6-4-5-7-9/h9H,4-8H2,1-3H3,(H2,12,13,15). The van der Waals surface area contributed by atoms with Gasteiger partial charge in [0.15, 0.2) is 5.11 Å². The van der Waals surface area contributed by atoms with Crippen LogP contribution in [0.1, 0.15) is 39.5 Å². The molecule has 4 heteroatoms. The molecule has 0 aliphatic heterocycles. The van der Waals surface area contributed by atoms with Crippen molar-refractivity contribution >= 4 is 17.3 Å². The van der Waals surface area contributed by atoms with Crippen molar-refractivity contribution in [2.45, 2.75) is 51.2 Å². The smallest absolute Gasteiger partial charge is 0.166 e. The molecule has 0 bridgehead atoms. The number of nitrogens with one attached hydrogen (secondary N) is 2. The Hall–Kier alpha value is -0.350. The maximum atomic E-state index is 5.31. The van der Waals surface area contributed by atoms with Crippen molar-refractivity contribution in [2.24, 2.45) is 0 Å². The number of thiocarbonyl (C=S) groups is 1. The van der Waals surface area contributed by atoms with Gasteiger partial charge >= 0.3 is 0 Å². The van der Waals surface area contributed by atoms with E-state index in [0.29, 0.717) is 6.04 Å². The van der Waals surface area contributed by atoms with Gasteiger partial charge in [-0.05, 0) is 38.9 Å². The van der Waals surface area contributed by atoms with E-state index in [1.807, 2.05) is 13.8 Å². The zero-order valence-corrected chi connectivity index (χ0v) is 10.7. The van der Waals surface area contributed by atoms with Gasteiger partial charge in [0.1, 0.15) is 0 Å². The molecular weight excluding hydrogens is 208 g/mol. The molecule has 88 valence electrons. The third-order valence-corrected chi connectivity index (χ3v) is 3.18. The predicted octanol–water partition coefficient (Wildman–Crippen LogP) is 1.82. The molecule has 1 fully saturated rings. The number of hydrogen-bond acceptors (Lipinski definition) is 2. The maximum Gasteiger partial charge on any atom is 0.166 e. The van der Waals surface area contributed by atoms with E-state index in [0.717, 1.165) is 11.7 Å². The summed E-state index contributed by atoms with van der Waals surface area (Å²) in [4.78, 5) is 0. The predicted molar refractivity (Wildman–Crippen MR) is 67.1 cm³/mol. The molecule has 0 saturated heterocycles. The molecule has 2 N–H and O–H groups in total. The van der Waals surface area contributed by atoms with Crippen LogP contribution >= 0.6 is 12.2 Å². The Labute approximate surface area is 98.0 Å². The highest BCUT2D eigenvalue weighted by Crippen LogP contribution is 2.17. The maximum absolute atomic E-state index is 5.31. The first-order valence-corrected chi connectivity index (χ1v) is 6.04. The van der Waals surface area contributed by atoms with Crippen LogP contribution in [0.4, 0.5) is 0 Å². The zero-order valence-electron chi connectivity index (χ0n) is 9.93. The molecular formula is C11H22N2OS. The average Bonchev–Trinajstić information content (AvgIpc) is 2.68. The Kier molecular flexibility index (Phi) is 4.80. The van der Waals surface area contributed by atoms with Crippen LogP contribution in [-0.2, 0) is 4.74 Å². The first-order valence-electron chi connectivity index (χ1n) is 5.63. The molecule has 0 atom stereocenters. The first-order chi connectivity index (χ1) is 7.03. The second-order valence-corrected chi connectivity index (χ2v) is 5.18. The van der Waals surface area contributed by atoms with Gasteiger partial charge in [-0.15, -0.1) is 0 Å². The van der Waals surface area contributed by atoms with E-state index in [1.54, 1.807) is 7.11 Å². The van der Waals surface area contributed by atoms with Crippen LogP contribution in [0.15, 0.2) is 0 Å². The monoisotopic (exact) mass is 230 g/mol. The van der Waals surface area contributed by atoms with Crippen LogP contribution in [-0.4, -0.2) is 30.4 Å². The lowest BCUT2D eigenvalue weighted by Crippen LogP contribution is -2.46. The van der Waals surface area contributed by atoms with Crippen LogP contribution in [0.25, 0.3) is 0 Å². The molecule has 3 nitrogen and oxygen atoms in total. The topological polar surface area (TPSA) is 33.3 Å². The lowest BCUT2D eigenvalue weighted by Gasteiger charge is -2.25. The summed E-state index contributed by atoms with van der Waals surface area (Å²) in [6.07, 6.45) is 5.14. The zero-order chi connectivity index (χ0) is 11.3. The molecule has 1 aliphatic carbocycles. The van der Waals surface area contributed by atoms with Gasteiger partial charge in [0.2, 0.25) is 0 Å². The fraction of sp³-hybridized carbons (Fsp3) is 0.909. The van der Waals surface area contributed by atoms with Crippen LogP contribution in [0.2, 0.25) is 0 Å². The Balaban J connectivity index is 2.18. The Morgan fingerprint density at radius 3 is 2.53 bits per heavy atom. The van der Waals surface area contributed by atoms with E-state index in [1.165, 1.54) is 25.7 Å². The lowest BCUT2D eigenvalue weighted by atomic mass is 10.1. The van der Waals surface area contributed by atoms with Gasteiger partial charge in [-0.25, -0.2) is 0 Å². The van der Waals surface area contributed by atoms with Crippen molar-refractivity contribution < 1.29 is 4.74 Å². The second-order valence-electron chi connectivity index (χ2n) is 4.77. The largest absolute Gasteiger partial charge is 0.377 e. The molecule has 15 heavy (non-hydrogen) atoms. The van der Waals surface area contributed by atoms with Crippen LogP contribution in [0, 0.1) is 0 Å². The third kappa shape index (κ3) is 4.80. The van der Waals surface area contributed by atoms with Gasteiger partial charge in [-0.2, -0.15) is 0 Å². The summed E-state index contributed by atoms with van der Waals surface area (Å²) in [7, 11) is 1.72. The van der Waals surface area contributed by atoms with E-state index in [-0.39, 0.29) is 5.60 Å². The van der Waals surface area contributed by atoms with Gasteiger partial charge in [-0.3, -0.25) is 0 Å². The highest BCUT2D eigenvalue weighted by atomic mass is 32.1. The fourth-order valence-corrected chi connectivity index (χ4v) is 1.91. The molecule has 0 aromatic carbocycles. The minimum atomic E-state index is -0.165.